The summed E-state index contributed by atoms with van der Waals surface area (Å²) in [5.41, 5.74) is 14.3. The second-order valence-corrected chi connectivity index (χ2v) is 14.9. The Kier molecular flexibility index (Phi) is 6.60. The molecule has 0 saturated carbocycles. The maximum atomic E-state index is 6.16. The van der Waals surface area contributed by atoms with Crippen molar-refractivity contribution < 1.29 is 4.42 Å². The summed E-state index contributed by atoms with van der Waals surface area (Å²) in [4.78, 5) is 10.5. The first-order chi connectivity index (χ1) is 26.5. The van der Waals surface area contributed by atoms with Crippen molar-refractivity contribution in [2.75, 3.05) is 0 Å². The number of fused-ring (bicyclic) bond motifs is 9. The van der Waals surface area contributed by atoms with Gasteiger partial charge in [-0.05, 0) is 97.4 Å². The van der Waals surface area contributed by atoms with E-state index in [1.807, 2.05) is 18.2 Å². The Morgan fingerprint density at radius 2 is 1.04 bits per heavy atom. The summed E-state index contributed by atoms with van der Waals surface area (Å²) >= 11 is 0. The first kappa shape index (κ1) is 30.8. The van der Waals surface area contributed by atoms with Crippen molar-refractivity contribution in [3.8, 4) is 56.2 Å². The predicted molar refractivity (Wildman–Crippen MR) is 224 cm³/mol. The zero-order valence-corrected chi connectivity index (χ0v) is 30.0. The molecule has 10 aromatic rings. The summed E-state index contributed by atoms with van der Waals surface area (Å²) in [5.74, 6) is 0.697. The molecule has 2 heterocycles. The molecule has 0 atom stereocenters. The Balaban J connectivity index is 1.08. The lowest BCUT2D eigenvalue weighted by atomic mass is 9.80. The number of furan rings is 1. The Bertz CT molecular complexity index is 3130. The average molecular weight is 691 g/mol. The second-order valence-electron chi connectivity index (χ2n) is 14.9. The fourth-order valence-electron chi connectivity index (χ4n) is 8.89. The van der Waals surface area contributed by atoms with Gasteiger partial charge in [-0.25, -0.2) is 9.97 Å². The van der Waals surface area contributed by atoms with Crippen LogP contribution in [0.25, 0.3) is 99.6 Å². The van der Waals surface area contributed by atoms with Crippen molar-refractivity contribution in [2.45, 2.75) is 19.3 Å². The van der Waals surface area contributed by atoms with Gasteiger partial charge in [0.2, 0.25) is 0 Å². The molecule has 8 aromatic carbocycles. The summed E-state index contributed by atoms with van der Waals surface area (Å²) in [6, 6.07) is 60.6. The maximum Gasteiger partial charge on any atom is 0.161 e. The topological polar surface area (TPSA) is 38.9 Å². The van der Waals surface area contributed by atoms with Crippen molar-refractivity contribution >= 4 is 43.5 Å². The fourth-order valence-corrected chi connectivity index (χ4v) is 8.89. The Hall–Kier alpha value is -6.84. The summed E-state index contributed by atoms with van der Waals surface area (Å²) < 4.78 is 6.16. The zero-order valence-electron chi connectivity index (χ0n) is 30.0. The van der Waals surface area contributed by atoms with Crippen LogP contribution in [-0.4, -0.2) is 9.97 Å². The van der Waals surface area contributed by atoms with Gasteiger partial charge >= 0.3 is 0 Å². The van der Waals surface area contributed by atoms with E-state index in [1.54, 1.807) is 0 Å². The van der Waals surface area contributed by atoms with E-state index in [9.17, 15) is 0 Å². The maximum absolute atomic E-state index is 6.16. The summed E-state index contributed by atoms with van der Waals surface area (Å²) in [6.45, 7) is 4.72. The molecule has 0 radical (unpaired) electrons. The number of aromatic nitrogens is 2. The van der Waals surface area contributed by atoms with Gasteiger partial charge < -0.3 is 4.42 Å². The van der Waals surface area contributed by atoms with E-state index >= 15 is 0 Å². The Morgan fingerprint density at radius 3 is 1.87 bits per heavy atom. The molecular formula is C51H34N2O. The smallest absolute Gasteiger partial charge is 0.161 e. The van der Waals surface area contributed by atoms with E-state index in [-0.39, 0.29) is 5.41 Å². The normalized spacial score (nSPS) is 13.1. The highest BCUT2D eigenvalue weighted by Crippen LogP contribution is 2.52. The molecule has 0 bridgehead atoms. The molecule has 0 spiro atoms. The van der Waals surface area contributed by atoms with Crippen molar-refractivity contribution in [3.05, 3.63) is 181 Å². The minimum absolute atomic E-state index is 0.0932. The van der Waals surface area contributed by atoms with Crippen LogP contribution in [0.15, 0.2) is 174 Å². The minimum Gasteiger partial charge on any atom is -0.456 e. The lowest BCUT2D eigenvalue weighted by Crippen LogP contribution is -2.15. The van der Waals surface area contributed by atoms with Crippen LogP contribution in [0.5, 0.6) is 0 Å². The standard InChI is InChI=1S/C51H34N2O/c1-51(2)44-26-21-33(28-42(44)40-23-20-31-12-6-7-15-36(31)49(40)51)35-24-25-41(38-17-9-8-16-37(35)38)50-52-45(32-13-4-3-5-14-32)30-46(53-50)34-22-27-48-43(29-34)39-18-10-11-19-47(39)54-48/h3-30H,1-2H3. The van der Waals surface area contributed by atoms with Gasteiger partial charge in [0, 0.05) is 32.9 Å². The number of para-hydroxylation sites is 1. The number of rotatable bonds is 4. The highest BCUT2D eigenvalue weighted by molar-refractivity contribution is 6.07. The van der Waals surface area contributed by atoms with Gasteiger partial charge in [-0.1, -0.05) is 141 Å². The molecule has 54 heavy (non-hydrogen) atoms. The van der Waals surface area contributed by atoms with Crippen molar-refractivity contribution in [1.29, 1.82) is 0 Å². The van der Waals surface area contributed by atoms with E-state index in [0.717, 1.165) is 55.4 Å². The number of benzene rings is 8. The van der Waals surface area contributed by atoms with Gasteiger partial charge in [0.25, 0.3) is 0 Å². The van der Waals surface area contributed by atoms with E-state index in [1.165, 1.54) is 49.5 Å². The zero-order chi connectivity index (χ0) is 36.0. The van der Waals surface area contributed by atoms with Crippen LogP contribution in [-0.2, 0) is 5.41 Å². The molecule has 0 N–H and O–H groups in total. The molecule has 1 aliphatic carbocycles. The van der Waals surface area contributed by atoms with E-state index in [2.05, 4.69) is 166 Å². The van der Waals surface area contributed by atoms with E-state index in [0.29, 0.717) is 5.82 Å². The van der Waals surface area contributed by atoms with Crippen molar-refractivity contribution in [1.82, 2.24) is 9.97 Å². The van der Waals surface area contributed by atoms with Gasteiger partial charge in [-0.3, -0.25) is 0 Å². The van der Waals surface area contributed by atoms with Crippen LogP contribution >= 0.6 is 0 Å². The molecule has 0 saturated heterocycles. The number of hydrogen-bond acceptors (Lipinski definition) is 3. The third kappa shape index (κ3) is 4.61. The van der Waals surface area contributed by atoms with Crippen LogP contribution < -0.4 is 0 Å². The SMILES string of the molecule is CC1(C)c2ccc(-c3ccc(-c4nc(-c5ccccc5)cc(-c5ccc6oc7ccccc7c6c5)n4)c4ccccc34)cc2-c2ccc3ccccc3c21. The van der Waals surface area contributed by atoms with Crippen LogP contribution in [0.3, 0.4) is 0 Å². The largest absolute Gasteiger partial charge is 0.456 e. The molecule has 11 rings (SSSR count). The molecule has 3 nitrogen and oxygen atoms in total. The van der Waals surface area contributed by atoms with Gasteiger partial charge in [-0.15, -0.1) is 0 Å². The number of hydrogen-bond donors (Lipinski definition) is 0. The summed E-state index contributed by atoms with van der Waals surface area (Å²) in [5, 5.41) is 7.09. The molecular weight excluding hydrogens is 657 g/mol. The summed E-state index contributed by atoms with van der Waals surface area (Å²) in [6.07, 6.45) is 0. The fraction of sp³-hybridized carbons (Fsp3) is 0.0588. The van der Waals surface area contributed by atoms with Gasteiger partial charge in [-0.2, -0.15) is 0 Å². The minimum atomic E-state index is -0.0932. The van der Waals surface area contributed by atoms with Crippen molar-refractivity contribution in [3.63, 3.8) is 0 Å². The van der Waals surface area contributed by atoms with Crippen LogP contribution in [0.1, 0.15) is 25.0 Å². The third-order valence-electron chi connectivity index (χ3n) is 11.5. The molecule has 0 aliphatic heterocycles. The molecule has 254 valence electrons. The highest BCUT2D eigenvalue weighted by atomic mass is 16.3. The first-order valence-corrected chi connectivity index (χ1v) is 18.6. The molecule has 2 aromatic heterocycles. The lowest BCUT2D eigenvalue weighted by Gasteiger charge is -2.23. The molecule has 0 fully saturated rings. The molecule has 0 amide bonds. The van der Waals surface area contributed by atoms with Crippen LogP contribution in [0.4, 0.5) is 0 Å². The monoisotopic (exact) mass is 690 g/mol. The quantitative estimate of drug-likeness (QED) is 0.184. The average Bonchev–Trinajstić information content (AvgIpc) is 3.71. The van der Waals surface area contributed by atoms with Crippen LogP contribution in [0.2, 0.25) is 0 Å². The molecule has 0 unspecified atom stereocenters. The molecule has 1 aliphatic rings. The predicted octanol–water partition coefficient (Wildman–Crippen LogP) is 13.7. The molecule has 3 heteroatoms. The van der Waals surface area contributed by atoms with E-state index in [4.69, 9.17) is 14.4 Å². The van der Waals surface area contributed by atoms with E-state index < -0.39 is 0 Å². The van der Waals surface area contributed by atoms with Gasteiger partial charge in [0.05, 0.1) is 11.4 Å². The Labute approximate surface area is 313 Å². The van der Waals surface area contributed by atoms with Crippen LogP contribution in [0, 0.1) is 0 Å². The van der Waals surface area contributed by atoms with Crippen molar-refractivity contribution in [2.24, 2.45) is 0 Å². The third-order valence-corrected chi connectivity index (χ3v) is 11.5. The second kappa shape index (κ2) is 11.6. The number of nitrogens with zero attached hydrogens (tertiary/aromatic N) is 2. The first-order valence-electron chi connectivity index (χ1n) is 18.6. The van der Waals surface area contributed by atoms with Gasteiger partial charge in [0.1, 0.15) is 11.2 Å². The van der Waals surface area contributed by atoms with Gasteiger partial charge in [0.15, 0.2) is 5.82 Å². The Morgan fingerprint density at radius 1 is 0.407 bits per heavy atom. The summed E-state index contributed by atoms with van der Waals surface area (Å²) in [7, 11) is 0. The lowest BCUT2D eigenvalue weighted by molar-refractivity contribution is 0.666. The highest BCUT2D eigenvalue weighted by Gasteiger charge is 2.37.